The lowest BCUT2D eigenvalue weighted by molar-refractivity contribution is 0.296. The number of fused-ring (bicyclic) bond motifs is 1. The molecule has 144 valence electrons. The van der Waals surface area contributed by atoms with Crippen LogP contribution in [0.25, 0.3) is 0 Å². The minimum absolute atomic E-state index is 0.0328. The van der Waals surface area contributed by atoms with Gasteiger partial charge in [-0.05, 0) is 42.7 Å². The molecular weight excluding hydrogens is 409 g/mol. The van der Waals surface area contributed by atoms with E-state index in [0.717, 1.165) is 24.8 Å². The third-order valence-electron chi connectivity index (χ3n) is 4.85. The van der Waals surface area contributed by atoms with Crippen LogP contribution < -0.4 is 9.47 Å². The second-order valence-electron chi connectivity index (χ2n) is 6.58. The van der Waals surface area contributed by atoms with Gasteiger partial charge in [-0.15, -0.1) is 0 Å². The van der Waals surface area contributed by atoms with Crippen LogP contribution in [-0.2, 0) is 10.0 Å². The second-order valence-corrected chi connectivity index (χ2v) is 9.22. The van der Waals surface area contributed by atoms with Gasteiger partial charge in [0.15, 0.2) is 11.5 Å². The number of sulfonamides is 1. The highest BCUT2D eigenvalue weighted by Crippen LogP contribution is 2.42. The van der Waals surface area contributed by atoms with Crippen LogP contribution in [0.4, 0.5) is 0 Å². The van der Waals surface area contributed by atoms with Crippen LogP contribution in [0.3, 0.4) is 0 Å². The van der Waals surface area contributed by atoms with E-state index in [-0.39, 0.29) is 21.0 Å². The molecule has 0 radical (unpaired) electrons. The number of benzene rings is 2. The minimum atomic E-state index is -3.83. The molecular formula is C19H19Cl2NO4S. The third kappa shape index (κ3) is 3.51. The predicted molar refractivity (Wildman–Crippen MR) is 104 cm³/mol. The Morgan fingerprint density at radius 1 is 0.963 bits per heavy atom. The zero-order chi connectivity index (χ0) is 19.0. The summed E-state index contributed by atoms with van der Waals surface area (Å²) in [6.45, 7) is 1.61. The summed E-state index contributed by atoms with van der Waals surface area (Å²) in [5, 5.41) is 0.263. The number of rotatable bonds is 3. The van der Waals surface area contributed by atoms with Gasteiger partial charge in [-0.2, -0.15) is 4.31 Å². The van der Waals surface area contributed by atoms with Gasteiger partial charge >= 0.3 is 0 Å². The Balaban J connectivity index is 1.72. The molecule has 4 rings (SSSR count). The Hall–Kier alpha value is -1.47. The van der Waals surface area contributed by atoms with E-state index in [2.05, 4.69) is 0 Å². The van der Waals surface area contributed by atoms with Gasteiger partial charge < -0.3 is 9.47 Å². The third-order valence-corrected chi connectivity index (χ3v) is 7.71. The SMILES string of the molecule is O=S(=O)(c1c(Cl)cccc1Cl)N1CCC[C@@H]1c1ccc2c(c1)OCCCO2. The van der Waals surface area contributed by atoms with Crippen LogP contribution in [0.2, 0.25) is 10.0 Å². The summed E-state index contributed by atoms with van der Waals surface area (Å²) in [6.07, 6.45) is 2.31. The molecule has 0 amide bonds. The smallest absolute Gasteiger partial charge is 0.246 e. The van der Waals surface area contributed by atoms with E-state index in [0.29, 0.717) is 31.3 Å². The van der Waals surface area contributed by atoms with Gasteiger partial charge in [0.25, 0.3) is 0 Å². The lowest BCUT2D eigenvalue weighted by atomic mass is 10.0. The van der Waals surface area contributed by atoms with Crippen LogP contribution >= 0.6 is 23.2 Å². The number of halogens is 2. The van der Waals surface area contributed by atoms with Crippen molar-refractivity contribution in [1.82, 2.24) is 4.31 Å². The van der Waals surface area contributed by atoms with Gasteiger partial charge in [-0.3, -0.25) is 0 Å². The Labute approximate surface area is 168 Å². The van der Waals surface area contributed by atoms with Gasteiger partial charge in [-0.1, -0.05) is 35.3 Å². The van der Waals surface area contributed by atoms with Crippen LogP contribution in [0, 0.1) is 0 Å². The van der Waals surface area contributed by atoms with E-state index in [1.54, 1.807) is 18.2 Å². The Morgan fingerprint density at radius 2 is 1.67 bits per heavy atom. The number of hydrogen-bond donors (Lipinski definition) is 0. The summed E-state index contributed by atoms with van der Waals surface area (Å²) in [5.74, 6) is 1.35. The maximum absolute atomic E-state index is 13.3. The molecule has 5 nitrogen and oxygen atoms in total. The maximum atomic E-state index is 13.3. The van der Waals surface area contributed by atoms with Crippen molar-refractivity contribution >= 4 is 33.2 Å². The number of hydrogen-bond acceptors (Lipinski definition) is 4. The fourth-order valence-electron chi connectivity index (χ4n) is 3.59. The molecule has 0 bridgehead atoms. The molecule has 0 aliphatic carbocycles. The van der Waals surface area contributed by atoms with Crippen molar-refractivity contribution in [3.05, 3.63) is 52.0 Å². The molecule has 2 aromatic rings. The Bertz CT molecular complexity index is 944. The fraction of sp³-hybridized carbons (Fsp3) is 0.368. The molecule has 0 unspecified atom stereocenters. The van der Waals surface area contributed by atoms with Gasteiger partial charge in [0.2, 0.25) is 10.0 Å². The van der Waals surface area contributed by atoms with Crippen LogP contribution in [0.1, 0.15) is 30.9 Å². The van der Waals surface area contributed by atoms with Crippen molar-refractivity contribution in [2.45, 2.75) is 30.2 Å². The monoisotopic (exact) mass is 427 g/mol. The van der Waals surface area contributed by atoms with Crippen LogP contribution in [0.5, 0.6) is 11.5 Å². The topological polar surface area (TPSA) is 55.8 Å². The number of ether oxygens (including phenoxy) is 2. The normalized spacial score (nSPS) is 20.4. The largest absolute Gasteiger partial charge is 0.490 e. The zero-order valence-corrected chi connectivity index (χ0v) is 16.9. The molecule has 2 aromatic carbocycles. The van der Waals surface area contributed by atoms with E-state index in [1.165, 1.54) is 4.31 Å². The van der Waals surface area contributed by atoms with E-state index in [9.17, 15) is 8.42 Å². The first-order valence-corrected chi connectivity index (χ1v) is 11.0. The van der Waals surface area contributed by atoms with Crippen molar-refractivity contribution in [2.24, 2.45) is 0 Å². The summed E-state index contributed by atoms with van der Waals surface area (Å²) < 4.78 is 39.5. The second kappa shape index (κ2) is 7.51. The zero-order valence-electron chi connectivity index (χ0n) is 14.5. The van der Waals surface area contributed by atoms with Crippen LogP contribution in [0.15, 0.2) is 41.3 Å². The summed E-state index contributed by atoms with van der Waals surface area (Å²) in [6, 6.07) is 10.1. The quantitative estimate of drug-likeness (QED) is 0.713. The average molecular weight is 428 g/mol. The van der Waals surface area contributed by atoms with E-state index in [4.69, 9.17) is 32.7 Å². The molecule has 1 saturated heterocycles. The van der Waals surface area contributed by atoms with Crippen molar-refractivity contribution in [3.8, 4) is 11.5 Å². The molecule has 0 N–H and O–H groups in total. The molecule has 0 saturated carbocycles. The van der Waals surface area contributed by atoms with Crippen molar-refractivity contribution in [1.29, 1.82) is 0 Å². The molecule has 2 heterocycles. The molecule has 2 aliphatic rings. The summed E-state index contributed by atoms with van der Waals surface area (Å²) in [5.41, 5.74) is 0.878. The van der Waals surface area contributed by atoms with Crippen LogP contribution in [-0.4, -0.2) is 32.5 Å². The first kappa shape index (κ1) is 18.9. The van der Waals surface area contributed by atoms with Crippen molar-refractivity contribution in [3.63, 3.8) is 0 Å². The van der Waals surface area contributed by atoms with Gasteiger partial charge in [0.1, 0.15) is 4.90 Å². The first-order valence-electron chi connectivity index (χ1n) is 8.84. The molecule has 0 spiro atoms. The lowest BCUT2D eigenvalue weighted by Crippen LogP contribution is -2.31. The van der Waals surface area contributed by atoms with E-state index >= 15 is 0 Å². The summed E-state index contributed by atoms with van der Waals surface area (Å²) >= 11 is 12.3. The first-order chi connectivity index (χ1) is 13.0. The number of nitrogens with zero attached hydrogens (tertiary/aromatic N) is 1. The molecule has 8 heteroatoms. The Morgan fingerprint density at radius 3 is 2.41 bits per heavy atom. The summed E-state index contributed by atoms with van der Waals surface area (Å²) in [7, 11) is -3.83. The van der Waals surface area contributed by atoms with Gasteiger partial charge in [0, 0.05) is 13.0 Å². The highest BCUT2D eigenvalue weighted by molar-refractivity contribution is 7.89. The lowest BCUT2D eigenvalue weighted by Gasteiger charge is -2.26. The molecule has 1 fully saturated rings. The highest BCUT2D eigenvalue weighted by atomic mass is 35.5. The molecule has 2 aliphatic heterocycles. The highest BCUT2D eigenvalue weighted by Gasteiger charge is 2.38. The predicted octanol–water partition coefficient (Wildman–Crippen LogP) is 4.68. The van der Waals surface area contributed by atoms with E-state index < -0.39 is 10.0 Å². The molecule has 0 aromatic heterocycles. The minimum Gasteiger partial charge on any atom is -0.490 e. The standard InChI is InChI=1S/C19H19Cl2NO4S/c20-14-4-1-5-15(21)19(14)27(23,24)22-9-2-6-16(22)13-7-8-17-18(12-13)26-11-3-10-25-17/h1,4-5,7-8,12,16H,2-3,6,9-11H2/t16-/m1/s1. The van der Waals surface area contributed by atoms with E-state index in [1.807, 2.05) is 18.2 Å². The Kier molecular flexibility index (Phi) is 5.25. The van der Waals surface area contributed by atoms with Crippen molar-refractivity contribution < 1.29 is 17.9 Å². The summed E-state index contributed by atoms with van der Waals surface area (Å²) in [4.78, 5) is -0.0328. The molecule has 1 atom stereocenters. The molecule has 27 heavy (non-hydrogen) atoms. The average Bonchev–Trinajstić information content (AvgIpc) is 3.01. The van der Waals surface area contributed by atoms with Gasteiger partial charge in [0.05, 0.1) is 29.3 Å². The van der Waals surface area contributed by atoms with Crippen molar-refractivity contribution in [2.75, 3.05) is 19.8 Å². The van der Waals surface area contributed by atoms with Gasteiger partial charge in [-0.25, -0.2) is 8.42 Å². The fourth-order valence-corrected chi connectivity index (χ4v) is 6.37. The maximum Gasteiger partial charge on any atom is 0.246 e.